The number of likely N-dealkylation sites (N-methyl/N-ethyl adjacent to an activating group) is 1. The van der Waals surface area contributed by atoms with Gasteiger partial charge in [0.2, 0.25) is 0 Å². The summed E-state index contributed by atoms with van der Waals surface area (Å²) in [7, 11) is 4.58. The lowest BCUT2D eigenvalue weighted by Crippen LogP contribution is -3.00. The average molecular weight is 315 g/mol. The maximum absolute atomic E-state index is 2.39. The van der Waals surface area contributed by atoms with Crippen molar-refractivity contribution in [3.63, 3.8) is 0 Å². The minimum Gasteiger partial charge on any atom is -1.00 e. The normalized spacial score (nSPS) is 18.9. The van der Waals surface area contributed by atoms with Crippen molar-refractivity contribution in [1.29, 1.82) is 0 Å². The van der Waals surface area contributed by atoms with Crippen LogP contribution in [0.25, 0.3) is 5.57 Å². The second-order valence-corrected chi connectivity index (χ2v) is 4.69. The summed E-state index contributed by atoms with van der Waals surface area (Å²) in [4.78, 5) is 0. The summed E-state index contributed by atoms with van der Waals surface area (Å²) >= 11 is 0. The van der Waals surface area contributed by atoms with Gasteiger partial charge in [-0.3, -0.25) is 0 Å². The van der Waals surface area contributed by atoms with E-state index in [0.29, 0.717) is 0 Å². The van der Waals surface area contributed by atoms with Crippen molar-refractivity contribution >= 4 is 5.57 Å². The van der Waals surface area contributed by atoms with Crippen molar-refractivity contribution in [3.8, 4) is 0 Å². The predicted octanol–water partition coefficient (Wildman–Crippen LogP) is -0.446. The fourth-order valence-electron chi connectivity index (χ4n) is 1.89. The van der Waals surface area contributed by atoms with Gasteiger partial charge in [0.15, 0.2) is 0 Å². The third-order valence-corrected chi connectivity index (χ3v) is 2.96. The standard InChI is InChI=1S/C13H18N.HI/c1-14(2)10-8-13(9-11-14)12-6-4-3-5-7-12;/h3-8H,9-11H2,1-2H3;1H/q+1;/p-1. The summed E-state index contributed by atoms with van der Waals surface area (Å²) in [6.07, 6.45) is 3.59. The molecule has 0 spiro atoms. The van der Waals surface area contributed by atoms with Crippen molar-refractivity contribution in [3.05, 3.63) is 42.0 Å². The Bertz CT molecular complexity index is 341. The molecule has 0 bridgehead atoms. The average Bonchev–Trinajstić information content (AvgIpc) is 2.19. The fraction of sp³-hybridized carbons (Fsp3) is 0.385. The van der Waals surface area contributed by atoms with E-state index in [1.165, 1.54) is 24.1 Å². The number of hydrogen-bond acceptors (Lipinski definition) is 0. The van der Waals surface area contributed by atoms with Gasteiger partial charge in [-0.15, -0.1) is 0 Å². The first-order chi connectivity index (χ1) is 6.67. The van der Waals surface area contributed by atoms with Crippen molar-refractivity contribution in [1.82, 2.24) is 0 Å². The van der Waals surface area contributed by atoms with Crippen LogP contribution < -0.4 is 24.0 Å². The monoisotopic (exact) mass is 315 g/mol. The van der Waals surface area contributed by atoms with Crippen molar-refractivity contribution in [2.45, 2.75) is 6.42 Å². The third-order valence-electron chi connectivity index (χ3n) is 2.96. The minimum atomic E-state index is 0. The van der Waals surface area contributed by atoms with E-state index in [4.69, 9.17) is 0 Å². The quantitative estimate of drug-likeness (QED) is 0.487. The van der Waals surface area contributed by atoms with Gasteiger partial charge in [-0.05, 0) is 17.2 Å². The maximum atomic E-state index is 2.39. The molecular formula is C13H18IN. The molecule has 1 heterocycles. The molecule has 0 atom stereocenters. The summed E-state index contributed by atoms with van der Waals surface area (Å²) < 4.78 is 1.12. The number of benzene rings is 1. The van der Waals surface area contributed by atoms with Crippen molar-refractivity contribution < 1.29 is 28.5 Å². The Morgan fingerprint density at radius 2 is 1.73 bits per heavy atom. The zero-order valence-electron chi connectivity index (χ0n) is 9.41. The molecule has 15 heavy (non-hydrogen) atoms. The molecule has 2 heteroatoms. The molecule has 1 aliphatic heterocycles. The largest absolute Gasteiger partial charge is 1.00 e. The van der Waals surface area contributed by atoms with Crippen LogP contribution in [0.15, 0.2) is 36.4 Å². The number of quaternary nitrogens is 1. The lowest BCUT2D eigenvalue weighted by Gasteiger charge is -2.32. The highest BCUT2D eigenvalue weighted by Gasteiger charge is 2.19. The SMILES string of the molecule is C[N+]1(C)CC=C(c2ccccc2)CC1.[I-]. The van der Waals surface area contributed by atoms with Crippen LogP contribution in [0.3, 0.4) is 0 Å². The molecular weight excluding hydrogens is 297 g/mol. The first-order valence-electron chi connectivity index (χ1n) is 5.24. The molecule has 0 saturated heterocycles. The van der Waals surface area contributed by atoms with E-state index in [9.17, 15) is 0 Å². The summed E-state index contributed by atoms with van der Waals surface area (Å²) in [6.45, 7) is 2.41. The molecule has 0 N–H and O–H groups in total. The lowest BCUT2D eigenvalue weighted by atomic mass is 9.99. The zero-order valence-corrected chi connectivity index (χ0v) is 11.6. The molecule has 0 aliphatic carbocycles. The van der Waals surface area contributed by atoms with Crippen LogP contribution in [-0.4, -0.2) is 31.7 Å². The molecule has 0 unspecified atom stereocenters. The van der Waals surface area contributed by atoms with E-state index in [0.717, 1.165) is 11.0 Å². The molecule has 2 rings (SSSR count). The summed E-state index contributed by atoms with van der Waals surface area (Å²) in [5.41, 5.74) is 2.91. The second kappa shape index (κ2) is 5.12. The van der Waals surface area contributed by atoms with E-state index >= 15 is 0 Å². The topological polar surface area (TPSA) is 0 Å². The van der Waals surface area contributed by atoms with Gasteiger partial charge in [0.05, 0.1) is 27.2 Å². The van der Waals surface area contributed by atoms with Gasteiger partial charge in [-0.1, -0.05) is 30.3 Å². The molecule has 1 aliphatic rings. The molecule has 0 radical (unpaired) electrons. The molecule has 0 saturated carbocycles. The van der Waals surface area contributed by atoms with Gasteiger partial charge in [0, 0.05) is 6.42 Å². The highest BCUT2D eigenvalue weighted by molar-refractivity contribution is 5.65. The van der Waals surface area contributed by atoms with Gasteiger partial charge in [0.25, 0.3) is 0 Å². The van der Waals surface area contributed by atoms with Gasteiger partial charge >= 0.3 is 0 Å². The number of nitrogens with zero attached hydrogens (tertiary/aromatic N) is 1. The molecule has 1 aromatic rings. The zero-order chi connectivity index (χ0) is 10.0. The summed E-state index contributed by atoms with van der Waals surface area (Å²) in [5, 5.41) is 0. The smallest absolute Gasteiger partial charge is 0.0975 e. The minimum absolute atomic E-state index is 0. The number of rotatable bonds is 1. The van der Waals surface area contributed by atoms with Crippen LogP contribution in [0.2, 0.25) is 0 Å². The third kappa shape index (κ3) is 3.31. The number of halogens is 1. The van der Waals surface area contributed by atoms with Gasteiger partial charge in [-0.25, -0.2) is 0 Å². The predicted molar refractivity (Wildman–Crippen MR) is 60.9 cm³/mol. The summed E-state index contributed by atoms with van der Waals surface area (Å²) in [6, 6.07) is 10.7. The molecule has 1 aromatic carbocycles. The van der Waals surface area contributed by atoms with Crippen molar-refractivity contribution in [2.75, 3.05) is 27.2 Å². The first kappa shape index (κ1) is 12.7. The van der Waals surface area contributed by atoms with Crippen LogP contribution in [0, 0.1) is 0 Å². The van der Waals surface area contributed by atoms with Crippen LogP contribution in [-0.2, 0) is 0 Å². The Labute approximate surface area is 109 Å². The molecule has 1 nitrogen and oxygen atoms in total. The molecule has 0 amide bonds. The maximum Gasteiger partial charge on any atom is 0.0975 e. The van der Waals surface area contributed by atoms with Gasteiger partial charge < -0.3 is 28.5 Å². The second-order valence-electron chi connectivity index (χ2n) is 4.69. The van der Waals surface area contributed by atoms with Gasteiger partial charge in [0.1, 0.15) is 0 Å². The van der Waals surface area contributed by atoms with E-state index in [1.807, 2.05) is 0 Å². The highest BCUT2D eigenvalue weighted by Crippen LogP contribution is 2.23. The van der Waals surface area contributed by atoms with Gasteiger partial charge in [-0.2, -0.15) is 0 Å². The first-order valence-corrected chi connectivity index (χ1v) is 5.24. The Balaban J connectivity index is 0.00000112. The highest BCUT2D eigenvalue weighted by atomic mass is 127. The van der Waals surface area contributed by atoms with E-state index in [-0.39, 0.29) is 24.0 Å². The van der Waals surface area contributed by atoms with Crippen LogP contribution >= 0.6 is 0 Å². The van der Waals surface area contributed by atoms with Crippen LogP contribution in [0.5, 0.6) is 0 Å². The molecule has 82 valence electrons. The lowest BCUT2D eigenvalue weighted by molar-refractivity contribution is -0.885. The molecule has 0 aromatic heterocycles. The van der Waals surface area contributed by atoms with Crippen LogP contribution in [0.1, 0.15) is 12.0 Å². The van der Waals surface area contributed by atoms with Crippen LogP contribution in [0.4, 0.5) is 0 Å². The van der Waals surface area contributed by atoms with E-state index in [2.05, 4.69) is 50.5 Å². The van der Waals surface area contributed by atoms with Crippen molar-refractivity contribution in [2.24, 2.45) is 0 Å². The Hall–Kier alpha value is -0.350. The Kier molecular flexibility index (Phi) is 4.34. The van der Waals surface area contributed by atoms with E-state index in [1.54, 1.807) is 0 Å². The Morgan fingerprint density at radius 3 is 2.27 bits per heavy atom. The number of hydrogen-bond donors (Lipinski definition) is 0. The summed E-state index contributed by atoms with van der Waals surface area (Å²) in [5.74, 6) is 0. The van der Waals surface area contributed by atoms with E-state index < -0.39 is 0 Å². The Morgan fingerprint density at radius 1 is 1.07 bits per heavy atom. The fourth-order valence-corrected chi connectivity index (χ4v) is 1.89. The molecule has 0 fully saturated rings.